The molecule has 2 aromatic heterocycles. The molecule has 1 amide bonds. The number of nitrogens with one attached hydrogen (secondary N) is 1. The number of amides is 1. The normalized spacial score (nSPS) is 11.1. The number of hydrogen-bond donors (Lipinski definition) is 1. The summed E-state index contributed by atoms with van der Waals surface area (Å²) in [7, 11) is 1.59. The Balaban J connectivity index is 1.30. The molecule has 0 saturated heterocycles. The molecular formula is C24H25N5O4S. The number of anilines is 1. The second kappa shape index (κ2) is 10.4. The monoisotopic (exact) mass is 479 g/mol. The van der Waals surface area contributed by atoms with Crippen molar-refractivity contribution >= 4 is 29.1 Å². The van der Waals surface area contributed by atoms with Crippen LogP contribution in [0, 0.1) is 0 Å². The van der Waals surface area contributed by atoms with Gasteiger partial charge in [0.05, 0.1) is 12.8 Å². The van der Waals surface area contributed by atoms with E-state index in [1.165, 1.54) is 10.6 Å². The molecule has 34 heavy (non-hydrogen) atoms. The first kappa shape index (κ1) is 23.4. The first-order valence-corrected chi connectivity index (χ1v) is 11.7. The maximum Gasteiger partial charge on any atom is 0.274 e. The van der Waals surface area contributed by atoms with Crippen LogP contribution in [0.3, 0.4) is 0 Å². The first-order valence-electron chi connectivity index (χ1n) is 10.7. The molecule has 9 nitrogen and oxygen atoms in total. The Morgan fingerprint density at radius 2 is 1.79 bits per heavy atom. The minimum atomic E-state index is -0.255. The average molecular weight is 480 g/mol. The molecule has 4 rings (SSSR count). The van der Waals surface area contributed by atoms with E-state index in [2.05, 4.69) is 15.3 Å². The van der Waals surface area contributed by atoms with E-state index in [0.717, 1.165) is 10.6 Å². The van der Waals surface area contributed by atoms with Crippen LogP contribution in [0.2, 0.25) is 0 Å². The highest BCUT2D eigenvalue weighted by molar-refractivity contribution is 7.98. The smallest absolute Gasteiger partial charge is 0.274 e. The lowest BCUT2D eigenvalue weighted by atomic mass is 10.3. The SMILES string of the molecule is COc1ccc(OCC(=O)Nc2ccc(SCc3cc(=O)n4c(ncn4C(C)C)n3)cc2)cc1. The van der Waals surface area contributed by atoms with Crippen LogP contribution in [-0.2, 0) is 10.5 Å². The van der Waals surface area contributed by atoms with Gasteiger partial charge in [-0.3, -0.25) is 14.3 Å². The van der Waals surface area contributed by atoms with Crippen molar-refractivity contribution in [2.24, 2.45) is 0 Å². The van der Waals surface area contributed by atoms with Gasteiger partial charge in [-0.1, -0.05) is 0 Å². The van der Waals surface area contributed by atoms with Crippen molar-refractivity contribution in [3.63, 3.8) is 0 Å². The number of carbonyl (C=O) groups is 1. The van der Waals surface area contributed by atoms with Crippen LogP contribution < -0.4 is 20.3 Å². The van der Waals surface area contributed by atoms with Gasteiger partial charge in [0.2, 0.25) is 0 Å². The zero-order chi connectivity index (χ0) is 24.1. The van der Waals surface area contributed by atoms with Gasteiger partial charge in [0.25, 0.3) is 17.2 Å². The summed E-state index contributed by atoms with van der Waals surface area (Å²) in [5.41, 5.74) is 1.18. The average Bonchev–Trinajstić information content (AvgIpc) is 3.28. The summed E-state index contributed by atoms with van der Waals surface area (Å²) in [4.78, 5) is 34.4. The van der Waals surface area contributed by atoms with Gasteiger partial charge in [-0.2, -0.15) is 9.50 Å². The number of hydrogen-bond acceptors (Lipinski definition) is 7. The lowest BCUT2D eigenvalue weighted by molar-refractivity contribution is -0.118. The number of carbonyl (C=O) groups excluding carboxylic acids is 1. The third-order valence-corrected chi connectivity index (χ3v) is 5.98. The van der Waals surface area contributed by atoms with E-state index in [1.54, 1.807) is 54.1 Å². The van der Waals surface area contributed by atoms with Crippen molar-refractivity contribution in [1.82, 2.24) is 19.2 Å². The second-order valence-corrected chi connectivity index (χ2v) is 8.79. The Morgan fingerprint density at radius 3 is 2.47 bits per heavy atom. The van der Waals surface area contributed by atoms with Crippen molar-refractivity contribution in [3.8, 4) is 11.5 Å². The summed E-state index contributed by atoms with van der Waals surface area (Å²) in [5.74, 6) is 1.98. The third-order valence-electron chi connectivity index (χ3n) is 4.94. The Bertz CT molecular complexity index is 1330. The number of fused-ring (bicyclic) bond motifs is 1. The van der Waals surface area contributed by atoms with Crippen LogP contribution in [0.4, 0.5) is 5.69 Å². The van der Waals surface area contributed by atoms with Crippen LogP contribution in [0.1, 0.15) is 25.6 Å². The van der Waals surface area contributed by atoms with Crippen LogP contribution in [0.25, 0.3) is 5.78 Å². The van der Waals surface area contributed by atoms with Gasteiger partial charge in [0.15, 0.2) is 6.61 Å². The molecule has 10 heteroatoms. The number of benzene rings is 2. The molecule has 2 heterocycles. The highest BCUT2D eigenvalue weighted by Crippen LogP contribution is 2.23. The highest BCUT2D eigenvalue weighted by Gasteiger charge is 2.11. The number of ether oxygens (including phenoxy) is 2. The van der Waals surface area contributed by atoms with E-state index < -0.39 is 0 Å². The number of methoxy groups -OCH3 is 1. The van der Waals surface area contributed by atoms with E-state index in [1.807, 2.05) is 38.1 Å². The predicted octanol–water partition coefficient (Wildman–Crippen LogP) is 3.79. The number of aromatic nitrogens is 4. The Kier molecular flexibility index (Phi) is 7.17. The van der Waals surface area contributed by atoms with Crippen LogP contribution >= 0.6 is 11.8 Å². The van der Waals surface area contributed by atoms with Gasteiger partial charge < -0.3 is 14.8 Å². The standard InChI is InChI=1S/C24H25N5O4S/c1-16(2)28-15-25-24-27-18(12-23(31)29(24)28)14-34-21-10-4-17(5-11-21)26-22(30)13-33-20-8-6-19(32-3)7-9-20/h4-12,15-16H,13-14H2,1-3H3,(H,26,30). The molecule has 0 aliphatic carbocycles. The zero-order valence-corrected chi connectivity index (χ0v) is 19.9. The second-order valence-electron chi connectivity index (χ2n) is 7.74. The number of nitrogens with zero attached hydrogens (tertiary/aromatic N) is 4. The highest BCUT2D eigenvalue weighted by atomic mass is 32.2. The van der Waals surface area contributed by atoms with E-state index >= 15 is 0 Å². The molecule has 0 fully saturated rings. The molecule has 0 atom stereocenters. The van der Waals surface area contributed by atoms with Gasteiger partial charge in [-0.15, -0.1) is 11.8 Å². The summed E-state index contributed by atoms with van der Waals surface area (Å²) in [6.07, 6.45) is 1.63. The van der Waals surface area contributed by atoms with Gasteiger partial charge in [-0.05, 0) is 62.4 Å². The Hall–Kier alpha value is -3.79. The van der Waals surface area contributed by atoms with Crippen molar-refractivity contribution in [3.05, 3.63) is 77.0 Å². The molecule has 4 aromatic rings. The Labute approximate surface area is 200 Å². The van der Waals surface area contributed by atoms with Crippen molar-refractivity contribution in [2.45, 2.75) is 30.5 Å². The van der Waals surface area contributed by atoms with Gasteiger partial charge in [0.1, 0.15) is 17.8 Å². The lowest BCUT2D eigenvalue weighted by Crippen LogP contribution is -2.22. The summed E-state index contributed by atoms with van der Waals surface area (Å²) in [6, 6.07) is 16.1. The summed E-state index contributed by atoms with van der Waals surface area (Å²) < 4.78 is 13.8. The fourth-order valence-corrected chi connectivity index (χ4v) is 4.01. The molecule has 0 aliphatic heterocycles. The molecule has 0 saturated carbocycles. The Morgan fingerprint density at radius 1 is 1.09 bits per heavy atom. The first-order chi connectivity index (χ1) is 16.4. The largest absolute Gasteiger partial charge is 0.497 e. The van der Waals surface area contributed by atoms with Crippen molar-refractivity contribution in [1.29, 1.82) is 0 Å². The van der Waals surface area contributed by atoms with E-state index in [0.29, 0.717) is 28.7 Å². The molecule has 0 unspecified atom stereocenters. The van der Waals surface area contributed by atoms with Gasteiger partial charge >= 0.3 is 0 Å². The summed E-state index contributed by atoms with van der Waals surface area (Å²) >= 11 is 1.55. The van der Waals surface area contributed by atoms with Gasteiger partial charge in [-0.25, -0.2) is 4.98 Å². The van der Waals surface area contributed by atoms with E-state index in [4.69, 9.17) is 9.47 Å². The molecule has 176 valence electrons. The molecule has 1 N–H and O–H groups in total. The fraction of sp³-hybridized carbons (Fsp3) is 0.250. The molecule has 0 aliphatic rings. The number of rotatable bonds is 9. The zero-order valence-electron chi connectivity index (χ0n) is 19.1. The molecular weight excluding hydrogens is 454 g/mol. The maximum atomic E-state index is 12.5. The molecule has 0 radical (unpaired) electrons. The van der Waals surface area contributed by atoms with Crippen molar-refractivity contribution < 1.29 is 14.3 Å². The van der Waals surface area contributed by atoms with E-state index in [-0.39, 0.29) is 24.1 Å². The minimum absolute atomic E-state index is 0.0981. The van der Waals surface area contributed by atoms with Crippen LogP contribution in [0.5, 0.6) is 11.5 Å². The summed E-state index contributed by atoms with van der Waals surface area (Å²) in [6.45, 7) is 3.87. The fourth-order valence-electron chi connectivity index (χ4n) is 3.22. The van der Waals surface area contributed by atoms with Crippen LogP contribution in [0.15, 0.2) is 70.6 Å². The number of thioether (sulfide) groups is 1. The predicted molar refractivity (Wildman–Crippen MR) is 131 cm³/mol. The molecule has 0 bridgehead atoms. The molecule has 0 spiro atoms. The summed E-state index contributed by atoms with van der Waals surface area (Å²) in [5, 5.41) is 2.81. The van der Waals surface area contributed by atoms with Gasteiger partial charge in [0, 0.05) is 28.4 Å². The maximum absolute atomic E-state index is 12.5. The quantitative estimate of drug-likeness (QED) is 0.365. The van der Waals surface area contributed by atoms with Crippen LogP contribution in [-0.4, -0.2) is 38.8 Å². The topological polar surface area (TPSA) is 99.7 Å². The van der Waals surface area contributed by atoms with Crippen molar-refractivity contribution in [2.75, 3.05) is 19.0 Å². The van der Waals surface area contributed by atoms with E-state index in [9.17, 15) is 9.59 Å². The molecule has 2 aromatic carbocycles. The third kappa shape index (κ3) is 5.57. The lowest BCUT2D eigenvalue weighted by Gasteiger charge is -2.09. The minimum Gasteiger partial charge on any atom is -0.497 e.